The average molecular weight is 358 g/mol. The summed E-state index contributed by atoms with van der Waals surface area (Å²) in [5.41, 5.74) is 1.63. The van der Waals surface area contributed by atoms with Gasteiger partial charge in [-0.3, -0.25) is 0 Å². The second kappa shape index (κ2) is 6.90. The number of rotatable bonds is 6. The van der Waals surface area contributed by atoms with Crippen LogP contribution in [0.15, 0.2) is 59.6 Å². The summed E-state index contributed by atoms with van der Waals surface area (Å²) in [7, 11) is 0.257. The topological polar surface area (TPSA) is 51.5 Å². The molecule has 6 heteroatoms. The Kier molecular flexibility index (Phi) is 4.83. The molecular formula is C19H22N2O3S. The normalized spacial score (nSPS) is 12.0. The zero-order chi connectivity index (χ0) is 18.0. The van der Waals surface area contributed by atoms with Crippen LogP contribution in [0.2, 0.25) is 0 Å². The van der Waals surface area contributed by atoms with Crippen molar-refractivity contribution in [2.45, 2.75) is 11.8 Å². The van der Waals surface area contributed by atoms with Gasteiger partial charge in [0.1, 0.15) is 12.4 Å². The summed E-state index contributed by atoms with van der Waals surface area (Å²) >= 11 is 0. The van der Waals surface area contributed by atoms with E-state index >= 15 is 0 Å². The standard InChI is InChI=1S/C19H22N2O3S/c1-15-8-10-16(11-9-15)25(22,23)21-14-19(24-13-12-20(2)3)17-6-4-5-7-18(17)21/h4-11,14H,12-13H2,1-3H3. The molecule has 25 heavy (non-hydrogen) atoms. The number of hydrogen-bond acceptors (Lipinski definition) is 4. The highest BCUT2D eigenvalue weighted by molar-refractivity contribution is 7.90. The summed E-state index contributed by atoms with van der Waals surface area (Å²) in [5, 5.41) is 0.789. The number of hydrogen-bond donors (Lipinski definition) is 0. The molecule has 2 aromatic carbocycles. The van der Waals surface area contributed by atoms with Crippen LogP contribution in [0.25, 0.3) is 10.9 Å². The van der Waals surface area contributed by atoms with Crippen LogP contribution in [0.3, 0.4) is 0 Å². The minimum atomic E-state index is -3.68. The summed E-state index contributed by atoms with van der Waals surface area (Å²) in [5.74, 6) is 0.577. The summed E-state index contributed by atoms with van der Waals surface area (Å²) in [4.78, 5) is 2.28. The molecule has 0 unspecified atom stereocenters. The van der Waals surface area contributed by atoms with Crippen molar-refractivity contribution in [3.63, 3.8) is 0 Å². The van der Waals surface area contributed by atoms with E-state index in [1.807, 2.05) is 44.1 Å². The average Bonchev–Trinajstić information content (AvgIpc) is 2.95. The molecule has 5 nitrogen and oxygen atoms in total. The number of fused-ring (bicyclic) bond motifs is 1. The Labute approximate surface area is 148 Å². The molecule has 0 spiro atoms. The zero-order valence-corrected chi connectivity index (χ0v) is 15.5. The lowest BCUT2D eigenvalue weighted by Crippen LogP contribution is -2.19. The highest BCUT2D eigenvalue weighted by Crippen LogP contribution is 2.31. The minimum absolute atomic E-state index is 0.263. The molecule has 0 saturated heterocycles. The molecule has 3 rings (SSSR count). The molecule has 1 aromatic heterocycles. The molecule has 132 valence electrons. The van der Waals surface area contributed by atoms with E-state index in [0.29, 0.717) is 17.9 Å². The molecule has 0 amide bonds. The fraction of sp³-hybridized carbons (Fsp3) is 0.263. The van der Waals surface area contributed by atoms with Gasteiger partial charge in [-0.15, -0.1) is 0 Å². The Morgan fingerprint density at radius 2 is 1.72 bits per heavy atom. The van der Waals surface area contributed by atoms with E-state index in [9.17, 15) is 8.42 Å². The fourth-order valence-electron chi connectivity index (χ4n) is 2.60. The van der Waals surface area contributed by atoms with E-state index in [4.69, 9.17) is 4.74 Å². The maximum atomic E-state index is 13.1. The first-order valence-corrected chi connectivity index (χ1v) is 9.53. The molecule has 0 aliphatic heterocycles. The third-order valence-electron chi connectivity index (χ3n) is 4.02. The highest BCUT2D eigenvalue weighted by Gasteiger charge is 2.21. The van der Waals surface area contributed by atoms with E-state index in [1.165, 1.54) is 3.97 Å². The SMILES string of the molecule is Cc1ccc(S(=O)(=O)n2cc(OCCN(C)C)c3ccccc32)cc1. The number of aryl methyl sites for hydroxylation is 1. The third kappa shape index (κ3) is 3.55. The summed E-state index contributed by atoms with van der Waals surface area (Å²) in [6.07, 6.45) is 1.56. The molecule has 1 heterocycles. The van der Waals surface area contributed by atoms with Crippen LogP contribution in [-0.4, -0.2) is 44.5 Å². The van der Waals surface area contributed by atoms with Crippen LogP contribution < -0.4 is 4.74 Å². The van der Waals surface area contributed by atoms with Crippen LogP contribution in [0, 0.1) is 6.92 Å². The number of ether oxygens (including phenoxy) is 1. The lowest BCUT2D eigenvalue weighted by Gasteiger charge is -2.10. The van der Waals surface area contributed by atoms with Crippen molar-refractivity contribution in [3.8, 4) is 5.75 Å². The molecule has 0 aliphatic carbocycles. The molecule has 0 radical (unpaired) electrons. The van der Waals surface area contributed by atoms with Crippen molar-refractivity contribution in [2.24, 2.45) is 0 Å². The van der Waals surface area contributed by atoms with Crippen LogP contribution in [0.5, 0.6) is 5.75 Å². The summed E-state index contributed by atoms with van der Waals surface area (Å²) in [6, 6.07) is 14.2. The van der Waals surface area contributed by atoms with Gasteiger partial charge in [-0.05, 0) is 45.3 Å². The molecule has 0 N–H and O–H groups in total. The van der Waals surface area contributed by atoms with Gasteiger partial charge in [-0.25, -0.2) is 12.4 Å². The number of nitrogens with zero attached hydrogens (tertiary/aromatic N) is 2. The van der Waals surface area contributed by atoms with Gasteiger partial charge in [-0.2, -0.15) is 0 Å². The van der Waals surface area contributed by atoms with Crippen molar-refractivity contribution in [1.29, 1.82) is 0 Å². The predicted octanol–water partition coefficient (Wildman–Crippen LogP) is 3.13. The van der Waals surface area contributed by atoms with Gasteiger partial charge in [0.05, 0.1) is 16.6 Å². The van der Waals surface area contributed by atoms with Gasteiger partial charge in [0, 0.05) is 11.9 Å². The van der Waals surface area contributed by atoms with Crippen LogP contribution in [0.4, 0.5) is 0 Å². The van der Waals surface area contributed by atoms with Crippen molar-refractivity contribution in [3.05, 3.63) is 60.3 Å². The first-order valence-electron chi connectivity index (χ1n) is 8.09. The van der Waals surface area contributed by atoms with Crippen LogP contribution in [-0.2, 0) is 10.0 Å². The van der Waals surface area contributed by atoms with Gasteiger partial charge in [0.2, 0.25) is 0 Å². The van der Waals surface area contributed by atoms with Gasteiger partial charge >= 0.3 is 0 Å². The van der Waals surface area contributed by atoms with E-state index in [2.05, 4.69) is 0 Å². The van der Waals surface area contributed by atoms with Gasteiger partial charge in [-0.1, -0.05) is 29.8 Å². The summed E-state index contributed by atoms with van der Waals surface area (Å²) in [6.45, 7) is 3.17. The first-order chi connectivity index (χ1) is 11.9. The van der Waals surface area contributed by atoms with Gasteiger partial charge < -0.3 is 9.64 Å². The Balaban J connectivity index is 2.05. The predicted molar refractivity (Wildman–Crippen MR) is 99.7 cm³/mol. The van der Waals surface area contributed by atoms with E-state index in [1.54, 1.807) is 36.5 Å². The van der Waals surface area contributed by atoms with E-state index < -0.39 is 10.0 Å². The highest BCUT2D eigenvalue weighted by atomic mass is 32.2. The Morgan fingerprint density at radius 3 is 2.40 bits per heavy atom. The van der Waals surface area contributed by atoms with E-state index in [-0.39, 0.29) is 4.90 Å². The number of benzene rings is 2. The second-order valence-electron chi connectivity index (χ2n) is 6.28. The Bertz CT molecular complexity index is 974. The molecule has 0 aliphatic rings. The number of aromatic nitrogens is 1. The zero-order valence-electron chi connectivity index (χ0n) is 14.6. The Morgan fingerprint density at radius 1 is 1.04 bits per heavy atom. The van der Waals surface area contributed by atoms with E-state index in [0.717, 1.165) is 17.5 Å². The Hall–Kier alpha value is -2.31. The molecule has 0 bridgehead atoms. The molecule has 0 fully saturated rings. The molecule has 3 aromatic rings. The van der Waals surface area contributed by atoms with Crippen LogP contribution >= 0.6 is 0 Å². The largest absolute Gasteiger partial charge is 0.490 e. The lowest BCUT2D eigenvalue weighted by molar-refractivity contribution is 0.263. The quantitative estimate of drug-likeness (QED) is 0.679. The van der Waals surface area contributed by atoms with Crippen molar-refractivity contribution < 1.29 is 13.2 Å². The minimum Gasteiger partial charge on any atom is -0.490 e. The first kappa shape index (κ1) is 17.5. The number of likely N-dealkylation sites (N-methyl/N-ethyl adjacent to an activating group) is 1. The molecule has 0 atom stereocenters. The summed E-state index contributed by atoms with van der Waals surface area (Å²) < 4.78 is 33.2. The van der Waals surface area contributed by atoms with Gasteiger partial charge in [0.25, 0.3) is 10.0 Å². The monoisotopic (exact) mass is 358 g/mol. The van der Waals surface area contributed by atoms with Crippen molar-refractivity contribution in [1.82, 2.24) is 8.87 Å². The maximum Gasteiger partial charge on any atom is 0.268 e. The molecular weight excluding hydrogens is 336 g/mol. The maximum absolute atomic E-state index is 13.1. The fourth-order valence-corrected chi connectivity index (χ4v) is 3.96. The van der Waals surface area contributed by atoms with Crippen molar-refractivity contribution in [2.75, 3.05) is 27.2 Å². The van der Waals surface area contributed by atoms with Crippen molar-refractivity contribution >= 4 is 20.9 Å². The lowest BCUT2D eigenvalue weighted by atomic mass is 10.2. The van der Waals surface area contributed by atoms with Gasteiger partial charge in [0.15, 0.2) is 0 Å². The third-order valence-corrected chi connectivity index (χ3v) is 5.70. The second-order valence-corrected chi connectivity index (χ2v) is 8.09. The molecule has 0 saturated carbocycles. The van der Waals surface area contributed by atoms with Crippen LogP contribution in [0.1, 0.15) is 5.56 Å². The number of para-hydroxylation sites is 1. The smallest absolute Gasteiger partial charge is 0.268 e.